The van der Waals surface area contributed by atoms with E-state index in [1.807, 2.05) is 19.1 Å². The van der Waals surface area contributed by atoms with Gasteiger partial charge in [0.05, 0.1) is 4.90 Å². The molecular formula is C14H16N2O2S. The number of hydrogen-bond donors (Lipinski definition) is 2. The van der Waals surface area contributed by atoms with Crippen molar-refractivity contribution in [2.45, 2.75) is 18.4 Å². The molecule has 19 heavy (non-hydrogen) atoms. The Balaban J connectivity index is 2.14. The van der Waals surface area contributed by atoms with Gasteiger partial charge < -0.3 is 5.73 Å². The molecule has 0 atom stereocenters. The van der Waals surface area contributed by atoms with Gasteiger partial charge in [-0.2, -0.15) is 0 Å². The molecule has 2 rings (SSSR count). The highest BCUT2D eigenvalue weighted by Gasteiger charge is 2.13. The van der Waals surface area contributed by atoms with Gasteiger partial charge in [-0.05, 0) is 42.3 Å². The molecule has 0 aliphatic carbocycles. The van der Waals surface area contributed by atoms with Crippen LogP contribution in [0, 0.1) is 6.92 Å². The molecule has 0 amide bonds. The molecule has 4 nitrogen and oxygen atoms in total. The summed E-state index contributed by atoms with van der Waals surface area (Å²) < 4.78 is 26.8. The normalized spacial score (nSPS) is 11.4. The van der Waals surface area contributed by atoms with Crippen LogP contribution in [-0.2, 0) is 16.6 Å². The maximum absolute atomic E-state index is 12.1. The molecule has 0 saturated heterocycles. The molecule has 0 bridgehead atoms. The number of nitrogens with two attached hydrogens (primary N) is 1. The highest BCUT2D eigenvalue weighted by Crippen LogP contribution is 2.12. The molecule has 0 saturated carbocycles. The van der Waals surface area contributed by atoms with E-state index in [0.717, 1.165) is 11.1 Å². The number of nitrogens with one attached hydrogen (secondary N) is 1. The van der Waals surface area contributed by atoms with Crippen molar-refractivity contribution in [1.82, 2.24) is 4.72 Å². The van der Waals surface area contributed by atoms with Crippen molar-refractivity contribution in [2.75, 3.05) is 5.73 Å². The fourth-order valence-electron chi connectivity index (χ4n) is 1.75. The first-order chi connectivity index (χ1) is 8.97. The first-order valence-electron chi connectivity index (χ1n) is 5.88. The first-order valence-corrected chi connectivity index (χ1v) is 7.36. The van der Waals surface area contributed by atoms with Gasteiger partial charge in [-0.3, -0.25) is 0 Å². The fourth-order valence-corrected chi connectivity index (χ4v) is 2.87. The number of rotatable bonds is 4. The monoisotopic (exact) mass is 276 g/mol. The Morgan fingerprint density at radius 2 is 1.84 bits per heavy atom. The van der Waals surface area contributed by atoms with Crippen molar-refractivity contribution in [3.8, 4) is 0 Å². The van der Waals surface area contributed by atoms with Crippen molar-refractivity contribution in [3.63, 3.8) is 0 Å². The van der Waals surface area contributed by atoms with Crippen LogP contribution in [0.4, 0.5) is 5.69 Å². The van der Waals surface area contributed by atoms with Gasteiger partial charge >= 0.3 is 0 Å². The minimum atomic E-state index is -3.48. The third kappa shape index (κ3) is 3.56. The van der Waals surface area contributed by atoms with Crippen LogP contribution in [-0.4, -0.2) is 8.42 Å². The van der Waals surface area contributed by atoms with Crippen LogP contribution < -0.4 is 10.5 Å². The van der Waals surface area contributed by atoms with Crippen LogP contribution >= 0.6 is 0 Å². The second-order valence-electron chi connectivity index (χ2n) is 4.39. The largest absolute Gasteiger partial charge is 0.399 e. The minimum absolute atomic E-state index is 0.224. The molecule has 2 aromatic carbocycles. The summed E-state index contributed by atoms with van der Waals surface area (Å²) >= 11 is 0. The predicted molar refractivity (Wildman–Crippen MR) is 76.1 cm³/mol. The molecule has 0 fully saturated rings. The number of nitrogen functional groups attached to an aromatic ring is 1. The van der Waals surface area contributed by atoms with Crippen molar-refractivity contribution in [1.29, 1.82) is 0 Å². The van der Waals surface area contributed by atoms with Crippen LogP contribution in [0.3, 0.4) is 0 Å². The Labute approximate surface area is 113 Å². The predicted octanol–water partition coefficient (Wildman–Crippen LogP) is 2.06. The Bertz CT molecular complexity index is 681. The first kappa shape index (κ1) is 13.6. The summed E-state index contributed by atoms with van der Waals surface area (Å²) in [5, 5.41) is 0. The summed E-state index contributed by atoms with van der Waals surface area (Å²) in [7, 11) is -3.48. The molecular weight excluding hydrogens is 260 g/mol. The summed E-state index contributed by atoms with van der Waals surface area (Å²) in [4.78, 5) is 0.274. The average molecular weight is 276 g/mol. The van der Waals surface area contributed by atoms with Gasteiger partial charge in [0.2, 0.25) is 10.0 Å². The van der Waals surface area contributed by atoms with Crippen molar-refractivity contribution in [3.05, 3.63) is 59.7 Å². The zero-order valence-electron chi connectivity index (χ0n) is 10.6. The SMILES string of the molecule is Cc1cccc(S(=O)(=O)NCc2cccc(N)c2)c1. The van der Waals surface area contributed by atoms with Gasteiger partial charge in [0.25, 0.3) is 0 Å². The number of benzene rings is 2. The van der Waals surface area contributed by atoms with Crippen molar-refractivity contribution < 1.29 is 8.42 Å². The molecule has 0 aliphatic rings. The summed E-state index contributed by atoms with van der Waals surface area (Å²) in [5.74, 6) is 0. The topological polar surface area (TPSA) is 72.2 Å². The quantitative estimate of drug-likeness (QED) is 0.840. The zero-order chi connectivity index (χ0) is 13.9. The molecule has 0 radical (unpaired) electrons. The van der Waals surface area contributed by atoms with E-state index in [1.165, 1.54) is 0 Å². The smallest absolute Gasteiger partial charge is 0.240 e. The van der Waals surface area contributed by atoms with Crippen LogP contribution in [0.2, 0.25) is 0 Å². The number of sulfonamides is 1. The molecule has 0 spiro atoms. The molecule has 3 N–H and O–H groups in total. The molecule has 0 heterocycles. The van der Waals surface area contributed by atoms with E-state index in [4.69, 9.17) is 5.73 Å². The minimum Gasteiger partial charge on any atom is -0.399 e. The second kappa shape index (κ2) is 5.42. The van der Waals surface area contributed by atoms with Gasteiger partial charge in [0, 0.05) is 12.2 Å². The summed E-state index contributed by atoms with van der Waals surface area (Å²) in [5.41, 5.74) is 8.01. The lowest BCUT2D eigenvalue weighted by Crippen LogP contribution is -2.23. The molecule has 0 aromatic heterocycles. The third-order valence-corrected chi connectivity index (χ3v) is 4.12. The maximum Gasteiger partial charge on any atom is 0.240 e. The van der Waals surface area contributed by atoms with E-state index < -0.39 is 10.0 Å². The molecule has 2 aromatic rings. The van der Waals surface area contributed by atoms with Gasteiger partial charge in [-0.1, -0.05) is 24.3 Å². The highest BCUT2D eigenvalue weighted by molar-refractivity contribution is 7.89. The lowest BCUT2D eigenvalue weighted by atomic mass is 10.2. The maximum atomic E-state index is 12.1. The summed E-state index contributed by atoms with van der Waals surface area (Å²) in [6, 6.07) is 13.9. The number of hydrogen-bond acceptors (Lipinski definition) is 3. The van der Waals surface area contributed by atoms with Gasteiger partial charge in [0.15, 0.2) is 0 Å². The van der Waals surface area contributed by atoms with E-state index in [2.05, 4.69) is 4.72 Å². The number of aryl methyl sites for hydroxylation is 1. The Morgan fingerprint density at radius 1 is 1.11 bits per heavy atom. The lowest BCUT2D eigenvalue weighted by Gasteiger charge is -2.08. The van der Waals surface area contributed by atoms with E-state index in [1.54, 1.807) is 36.4 Å². The highest BCUT2D eigenvalue weighted by atomic mass is 32.2. The summed E-state index contributed by atoms with van der Waals surface area (Å²) in [6.07, 6.45) is 0. The van der Waals surface area contributed by atoms with E-state index in [9.17, 15) is 8.42 Å². The Hall–Kier alpha value is -1.85. The molecule has 100 valence electrons. The molecule has 0 aliphatic heterocycles. The van der Waals surface area contributed by atoms with Crippen LogP contribution in [0.25, 0.3) is 0 Å². The van der Waals surface area contributed by atoms with Crippen molar-refractivity contribution >= 4 is 15.7 Å². The van der Waals surface area contributed by atoms with E-state index in [0.29, 0.717) is 5.69 Å². The number of anilines is 1. The van der Waals surface area contributed by atoms with Crippen molar-refractivity contribution in [2.24, 2.45) is 0 Å². The van der Waals surface area contributed by atoms with E-state index >= 15 is 0 Å². The average Bonchev–Trinajstić information content (AvgIpc) is 2.37. The molecule has 0 unspecified atom stereocenters. The fraction of sp³-hybridized carbons (Fsp3) is 0.143. The lowest BCUT2D eigenvalue weighted by molar-refractivity contribution is 0.581. The van der Waals surface area contributed by atoms with Crippen LogP contribution in [0.1, 0.15) is 11.1 Å². The van der Waals surface area contributed by atoms with Gasteiger partial charge in [-0.25, -0.2) is 13.1 Å². The van der Waals surface area contributed by atoms with E-state index in [-0.39, 0.29) is 11.4 Å². The zero-order valence-corrected chi connectivity index (χ0v) is 11.4. The molecule has 5 heteroatoms. The second-order valence-corrected chi connectivity index (χ2v) is 6.15. The van der Waals surface area contributed by atoms with Gasteiger partial charge in [-0.15, -0.1) is 0 Å². The standard InChI is InChI=1S/C14H16N2O2S/c1-11-4-2-7-14(8-11)19(17,18)16-10-12-5-3-6-13(15)9-12/h2-9,16H,10,15H2,1H3. The van der Waals surface area contributed by atoms with Gasteiger partial charge in [0.1, 0.15) is 0 Å². The Morgan fingerprint density at radius 3 is 2.53 bits per heavy atom. The van der Waals surface area contributed by atoms with Crippen LogP contribution in [0.15, 0.2) is 53.4 Å². The Kier molecular flexibility index (Phi) is 3.87. The summed E-state index contributed by atoms with van der Waals surface area (Å²) in [6.45, 7) is 2.08. The van der Waals surface area contributed by atoms with Crippen LogP contribution in [0.5, 0.6) is 0 Å². The third-order valence-electron chi connectivity index (χ3n) is 2.72.